The first kappa shape index (κ1) is 28.2. The molecule has 0 fully saturated rings. The van der Waals surface area contributed by atoms with Gasteiger partial charge in [0, 0.05) is 16.7 Å². The first-order valence-electron chi connectivity index (χ1n) is 15.6. The lowest BCUT2D eigenvalue weighted by Gasteiger charge is -2.17. The van der Waals surface area contributed by atoms with Crippen LogP contribution >= 0.6 is 0 Å². The van der Waals surface area contributed by atoms with Crippen molar-refractivity contribution in [2.75, 3.05) is 0 Å². The lowest BCUT2D eigenvalue weighted by atomic mass is 9.89. The van der Waals surface area contributed by atoms with E-state index in [1.54, 1.807) is 0 Å². The molecule has 0 saturated heterocycles. The SMILES string of the molecule is NC(=NC(=NCc1ccccc1)c1c(-c2ccc(-c3nc4ccccc4o3)c3ccccc23)ccc2ccccc12)c1ccccc1. The Kier molecular flexibility index (Phi) is 7.32. The van der Waals surface area contributed by atoms with Gasteiger partial charge in [-0.25, -0.2) is 9.98 Å². The van der Waals surface area contributed by atoms with Crippen molar-refractivity contribution in [1.82, 2.24) is 4.98 Å². The second-order valence-electron chi connectivity index (χ2n) is 11.4. The summed E-state index contributed by atoms with van der Waals surface area (Å²) in [5.74, 6) is 1.58. The molecule has 1 heterocycles. The molecule has 0 spiro atoms. The van der Waals surface area contributed by atoms with Crippen LogP contribution in [0.15, 0.2) is 172 Å². The lowest BCUT2D eigenvalue weighted by molar-refractivity contribution is 0.620. The Labute approximate surface area is 272 Å². The van der Waals surface area contributed by atoms with Crippen LogP contribution in [0.4, 0.5) is 0 Å². The smallest absolute Gasteiger partial charge is 0.227 e. The van der Waals surface area contributed by atoms with Crippen molar-refractivity contribution < 1.29 is 4.42 Å². The minimum absolute atomic E-state index is 0.410. The van der Waals surface area contributed by atoms with E-state index in [4.69, 9.17) is 25.1 Å². The van der Waals surface area contributed by atoms with Crippen LogP contribution in [-0.4, -0.2) is 16.7 Å². The van der Waals surface area contributed by atoms with Crippen molar-refractivity contribution in [2.45, 2.75) is 6.54 Å². The van der Waals surface area contributed by atoms with E-state index < -0.39 is 0 Å². The van der Waals surface area contributed by atoms with Gasteiger partial charge >= 0.3 is 0 Å². The number of para-hydroxylation sites is 2. The molecule has 5 heteroatoms. The molecule has 0 radical (unpaired) electrons. The molecule has 2 N–H and O–H groups in total. The summed E-state index contributed by atoms with van der Waals surface area (Å²) in [7, 11) is 0. The zero-order valence-corrected chi connectivity index (χ0v) is 25.5. The van der Waals surface area contributed by atoms with Crippen molar-refractivity contribution in [1.29, 1.82) is 0 Å². The predicted molar refractivity (Wildman–Crippen MR) is 194 cm³/mol. The minimum Gasteiger partial charge on any atom is -0.436 e. The van der Waals surface area contributed by atoms with Crippen molar-refractivity contribution in [3.63, 3.8) is 0 Å². The summed E-state index contributed by atoms with van der Waals surface area (Å²) < 4.78 is 6.23. The highest BCUT2D eigenvalue weighted by Crippen LogP contribution is 2.39. The fraction of sp³-hybridized carbons (Fsp3) is 0.0238. The third-order valence-corrected chi connectivity index (χ3v) is 8.44. The Morgan fingerprint density at radius 2 is 1.19 bits per heavy atom. The van der Waals surface area contributed by atoms with Crippen LogP contribution in [0.25, 0.3) is 55.2 Å². The van der Waals surface area contributed by atoms with Gasteiger partial charge in [0.1, 0.15) is 11.4 Å². The molecular weight excluding hydrogens is 576 g/mol. The van der Waals surface area contributed by atoms with E-state index in [-0.39, 0.29) is 0 Å². The summed E-state index contributed by atoms with van der Waals surface area (Å²) >= 11 is 0. The average Bonchev–Trinajstić information content (AvgIpc) is 3.57. The number of rotatable bonds is 6. The molecule has 0 atom stereocenters. The van der Waals surface area contributed by atoms with E-state index in [1.165, 1.54) is 0 Å². The molecule has 7 aromatic carbocycles. The van der Waals surface area contributed by atoms with Gasteiger partial charge in [-0.15, -0.1) is 0 Å². The molecular formula is C42H30N4O. The number of hydrogen-bond acceptors (Lipinski definition) is 3. The zero-order chi connectivity index (χ0) is 31.6. The first-order valence-corrected chi connectivity index (χ1v) is 15.6. The van der Waals surface area contributed by atoms with E-state index in [0.717, 1.165) is 66.0 Å². The molecule has 47 heavy (non-hydrogen) atoms. The normalized spacial score (nSPS) is 12.3. The van der Waals surface area contributed by atoms with E-state index >= 15 is 0 Å². The van der Waals surface area contributed by atoms with Crippen LogP contribution in [0.2, 0.25) is 0 Å². The van der Waals surface area contributed by atoms with Gasteiger partial charge < -0.3 is 10.2 Å². The van der Waals surface area contributed by atoms with Crippen LogP contribution in [0.3, 0.4) is 0 Å². The first-order chi connectivity index (χ1) is 23.2. The molecule has 0 amide bonds. The minimum atomic E-state index is 0.410. The number of nitrogens with two attached hydrogens (primary N) is 1. The standard InChI is InChI=1S/C42H30N4O/c43-40(30-16-5-2-6-17-30)46-41(44-27-28-13-3-1-4-14-28)39-31-18-8-7-15-29(31)23-24-35(39)34-25-26-36(33-20-10-9-19-32(33)34)42-45-37-21-11-12-22-38(37)47-42/h1-26H,27H2,(H2,43,44,46). The quantitative estimate of drug-likeness (QED) is 0.151. The summed E-state index contributed by atoms with van der Waals surface area (Å²) in [6.45, 7) is 0.460. The van der Waals surface area contributed by atoms with Crippen LogP contribution in [-0.2, 0) is 6.54 Å². The third-order valence-electron chi connectivity index (χ3n) is 8.44. The third kappa shape index (κ3) is 5.45. The Balaban J connectivity index is 1.37. The van der Waals surface area contributed by atoms with Crippen LogP contribution < -0.4 is 5.73 Å². The fourth-order valence-corrected chi connectivity index (χ4v) is 6.15. The maximum atomic E-state index is 6.69. The number of nitrogens with zero attached hydrogens (tertiary/aromatic N) is 3. The highest BCUT2D eigenvalue weighted by molar-refractivity contribution is 6.21. The number of fused-ring (bicyclic) bond motifs is 3. The Morgan fingerprint density at radius 1 is 0.574 bits per heavy atom. The topological polar surface area (TPSA) is 76.8 Å². The van der Waals surface area contributed by atoms with Crippen LogP contribution in [0, 0.1) is 0 Å². The van der Waals surface area contributed by atoms with Gasteiger partial charge in [0.15, 0.2) is 11.4 Å². The molecule has 0 aliphatic heterocycles. The largest absolute Gasteiger partial charge is 0.436 e. The van der Waals surface area contributed by atoms with Gasteiger partial charge in [-0.05, 0) is 56.4 Å². The van der Waals surface area contributed by atoms with Crippen molar-refractivity contribution >= 4 is 44.3 Å². The van der Waals surface area contributed by atoms with Gasteiger partial charge in [0.25, 0.3) is 0 Å². The van der Waals surface area contributed by atoms with Gasteiger partial charge in [-0.2, -0.15) is 0 Å². The fourth-order valence-electron chi connectivity index (χ4n) is 6.15. The molecule has 0 aliphatic carbocycles. The summed E-state index contributed by atoms with van der Waals surface area (Å²) in [6, 6.07) is 53.3. The van der Waals surface area contributed by atoms with Crippen LogP contribution in [0.5, 0.6) is 0 Å². The summed E-state index contributed by atoms with van der Waals surface area (Å²) in [5.41, 5.74) is 14.2. The maximum absolute atomic E-state index is 6.69. The summed E-state index contributed by atoms with van der Waals surface area (Å²) in [4.78, 5) is 15.0. The van der Waals surface area contributed by atoms with Gasteiger partial charge in [0.05, 0.1) is 6.54 Å². The van der Waals surface area contributed by atoms with E-state index in [9.17, 15) is 0 Å². The lowest BCUT2D eigenvalue weighted by Crippen LogP contribution is -2.17. The molecule has 0 saturated carbocycles. The van der Waals surface area contributed by atoms with Gasteiger partial charge in [-0.1, -0.05) is 140 Å². The van der Waals surface area contributed by atoms with Crippen molar-refractivity contribution in [3.8, 4) is 22.6 Å². The number of oxazole rings is 1. The Hall–Kier alpha value is -6.33. The highest BCUT2D eigenvalue weighted by atomic mass is 16.3. The molecule has 0 bridgehead atoms. The van der Waals surface area contributed by atoms with Gasteiger partial charge in [-0.3, -0.25) is 4.99 Å². The summed E-state index contributed by atoms with van der Waals surface area (Å²) in [5, 5.41) is 4.27. The maximum Gasteiger partial charge on any atom is 0.227 e. The number of aromatic nitrogens is 1. The Morgan fingerprint density at radius 3 is 1.98 bits per heavy atom. The molecule has 8 aromatic rings. The zero-order valence-electron chi connectivity index (χ0n) is 25.5. The number of benzene rings is 7. The molecule has 8 rings (SSSR count). The predicted octanol–water partition coefficient (Wildman–Crippen LogP) is 9.82. The van der Waals surface area contributed by atoms with Crippen molar-refractivity contribution in [2.24, 2.45) is 15.7 Å². The highest BCUT2D eigenvalue weighted by Gasteiger charge is 2.20. The molecule has 0 aliphatic rings. The van der Waals surface area contributed by atoms with Gasteiger partial charge in [0.2, 0.25) is 5.89 Å². The van der Waals surface area contributed by atoms with Crippen LogP contribution in [0.1, 0.15) is 16.7 Å². The molecule has 5 nitrogen and oxygen atoms in total. The number of aliphatic imine (C=N–C) groups is 2. The second-order valence-corrected chi connectivity index (χ2v) is 11.4. The van der Waals surface area contributed by atoms with Crippen molar-refractivity contribution in [3.05, 3.63) is 174 Å². The molecule has 1 aromatic heterocycles. The van der Waals surface area contributed by atoms with E-state index in [0.29, 0.717) is 24.1 Å². The van der Waals surface area contributed by atoms with E-state index in [1.807, 2.05) is 72.8 Å². The van der Waals surface area contributed by atoms with E-state index in [2.05, 4.69) is 84.9 Å². The number of hydrogen-bond donors (Lipinski definition) is 1. The summed E-state index contributed by atoms with van der Waals surface area (Å²) in [6.07, 6.45) is 0. The number of amidine groups is 2. The Bertz CT molecular complexity index is 2410. The average molecular weight is 607 g/mol. The second kappa shape index (κ2) is 12.2. The molecule has 224 valence electrons. The monoisotopic (exact) mass is 606 g/mol. The molecule has 0 unspecified atom stereocenters.